The zero-order chi connectivity index (χ0) is 8.39. The van der Waals surface area contributed by atoms with Crippen LogP contribution < -0.4 is 10.1 Å². The standard InChI is InChI=1S/C9H10ClNO/c10-7-2-3-9-8(6-7)11-4-1-5-12-9/h2-3,6,11H,1,4-5H2. The van der Waals surface area contributed by atoms with E-state index in [2.05, 4.69) is 5.32 Å². The lowest BCUT2D eigenvalue weighted by atomic mass is 10.3. The SMILES string of the molecule is Clc1ccc2c(c1)NCCCO2. The van der Waals surface area contributed by atoms with Crippen LogP contribution in [-0.2, 0) is 0 Å². The van der Waals surface area contributed by atoms with E-state index in [1.54, 1.807) is 0 Å². The van der Waals surface area contributed by atoms with Crippen LogP contribution in [0.15, 0.2) is 18.2 Å². The minimum Gasteiger partial charge on any atom is -0.491 e. The van der Waals surface area contributed by atoms with Crippen molar-refractivity contribution in [2.24, 2.45) is 0 Å². The Morgan fingerprint density at radius 3 is 3.25 bits per heavy atom. The summed E-state index contributed by atoms with van der Waals surface area (Å²) in [6, 6.07) is 5.63. The summed E-state index contributed by atoms with van der Waals surface area (Å²) in [6.07, 6.45) is 1.03. The van der Waals surface area contributed by atoms with E-state index < -0.39 is 0 Å². The summed E-state index contributed by atoms with van der Waals surface area (Å²) in [5.41, 5.74) is 1.00. The molecule has 0 radical (unpaired) electrons. The molecular weight excluding hydrogens is 174 g/mol. The Kier molecular flexibility index (Phi) is 2.09. The predicted octanol–water partition coefficient (Wildman–Crippen LogP) is 2.53. The number of benzene rings is 1. The smallest absolute Gasteiger partial charge is 0.142 e. The van der Waals surface area contributed by atoms with Crippen LogP contribution in [0.1, 0.15) is 6.42 Å². The Morgan fingerprint density at radius 1 is 1.42 bits per heavy atom. The third kappa shape index (κ3) is 1.48. The highest BCUT2D eigenvalue weighted by molar-refractivity contribution is 6.30. The maximum atomic E-state index is 5.83. The van der Waals surface area contributed by atoms with Crippen molar-refractivity contribution >= 4 is 17.3 Å². The van der Waals surface area contributed by atoms with Crippen LogP contribution in [0.4, 0.5) is 5.69 Å². The maximum Gasteiger partial charge on any atom is 0.142 e. The molecule has 0 aromatic heterocycles. The molecule has 1 aliphatic heterocycles. The van der Waals surface area contributed by atoms with Crippen molar-refractivity contribution in [3.63, 3.8) is 0 Å². The molecule has 1 aliphatic rings. The fraction of sp³-hybridized carbons (Fsp3) is 0.333. The molecule has 0 unspecified atom stereocenters. The summed E-state index contributed by atoms with van der Waals surface area (Å²) < 4.78 is 5.48. The summed E-state index contributed by atoms with van der Waals surface area (Å²) in [5.74, 6) is 0.900. The number of hydrogen-bond acceptors (Lipinski definition) is 2. The first-order chi connectivity index (χ1) is 5.86. The van der Waals surface area contributed by atoms with Gasteiger partial charge in [0.1, 0.15) is 5.75 Å². The van der Waals surface area contributed by atoms with Gasteiger partial charge in [0.15, 0.2) is 0 Å². The molecule has 0 spiro atoms. The van der Waals surface area contributed by atoms with Crippen molar-refractivity contribution in [3.8, 4) is 5.75 Å². The molecule has 2 rings (SSSR count). The van der Waals surface area contributed by atoms with E-state index in [1.807, 2.05) is 18.2 Å². The summed E-state index contributed by atoms with van der Waals surface area (Å²) in [5, 5.41) is 4.00. The van der Waals surface area contributed by atoms with Crippen LogP contribution in [0.25, 0.3) is 0 Å². The highest BCUT2D eigenvalue weighted by atomic mass is 35.5. The van der Waals surface area contributed by atoms with Crippen LogP contribution in [-0.4, -0.2) is 13.2 Å². The lowest BCUT2D eigenvalue weighted by molar-refractivity contribution is 0.323. The van der Waals surface area contributed by atoms with E-state index in [0.29, 0.717) is 0 Å². The van der Waals surface area contributed by atoms with E-state index in [1.165, 1.54) is 0 Å². The second kappa shape index (κ2) is 3.23. The van der Waals surface area contributed by atoms with E-state index in [-0.39, 0.29) is 0 Å². The summed E-state index contributed by atoms with van der Waals surface area (Å²) in [4.78, 5) is 0. The molecule has 0 aliphatic carbocycles. The third-order valence-corrected chi connectivity index (χ3v) is 2.07. The highest BCUT2D eigenvalue weighted by Crippen LogP contribution is 2.29. The largest absolute Gasteiger partial charge is 0.491 e. The Bertz CT molecular complexity index is 288. The van der Waals surface area contributed by atoms with Gasteiger partial charge in [-0.2, -0.15) is 0 Å². The van der Waals surface area contributed by atoms with Gasteiger partial charge >= 0.3 is 0 Å². The van der Waals surface area contributed by atoms with Crippen LogP contribution in [0.3, 0.4) is 0 Å². The van der Waals surface area contributed by atoms with Gasteiger partial charge in [0.05, 0.1) is 12.3 Å². The molecule has 1 aromatic rings. The van der Waals surface area contributed by atoms with Crippen LogP contribution in [0.2, 0.25) is 5.02 Å². The zero-order valence-electron chi connectivity index (χ0n) is 6.64. The predicted molar refractivity (Wildman–Crippen MR) is 50.1 cm³/mol. The van der Waals surface area contributed by atoms with E-state index in [9.17, 15) is 0 Å². The van der Waals surface area contributed by atoms with Crippen LogP contribution in [0, 0.1) is 0 Å². The number of nitrogens with one attached hydrogen (secondary N) is 1. The van der Waals surface area contributed by atoms with E-state index >= 15 is 0 Å². The lowest BCUT2D eigenvalue weighted by Crippen LogP contribution is -1.99. The summed E-state index contributed by atoms with van der Waals surface area (Å²) in [7, 11) is 0. The minimum atomic E-state index is 0.742. The second-order valence-corrected chi connectivity index (χ2v) is 3.21. The van der Waals surface area contributed by atoms with E-state index in [0.717, 1.165) is 36.0 Å². The average Bonchev–Trinajstić information content (AvgIpc) is 2.28. The molecule has 3 heteroatoms. The molecule has 0 amide bonds. The molecule has 64 valence electrons. The molecular formula is C9H10ClNO. The number of anilines is 1. The van der Waals surface area contributed by atoms with Crippen molar-refractivity contribution in [1.29, 1.82) is 0 Å². The first kappa shape index (κ1) is 7.74. The number of fused-ring (bicyclic) bond motifs is 1. The van der Waals surface area contributed by atoms with Gasteiger partial charge in [-0.05, 0) is 24.6 Å². The van der Waals surface area contributed by atoms with Gasteiger partial charge in [0.2, 0.25) is 0 Å². The van der Waals surface area contributed by atoms with Gasteiger partial charge in [0, 0.05) is 11.6 Å². The summed E-state index contributed by atoms with van der Waals surface area (Å²) >= 11 is 5.83. The molecule has 1 heterocycles. The Morgan fingerprint density at radius 2 is 2.33 bits per heavy atom. The van der Waals surface area contributed by atoms with Crippen LogP contribution >= 0.6 is 11.6 Å². The fourth-order valence-electron chi connectivity index (χ4n) is 1.24. The number of hydrogen-bond donors (Lipinski definition) is 1. The van der Waals surface area contributed by atoms with Gasteiger partial charge in [-0.25, -0.2) is 0 Å². The Labute approximate surface area is 76.5 Å². The molecule has 0 fully saturated rings. The van der Waals surface area contributed by atoms with Gasteiger partial charge in [-0.3, -0.25) is 0 Å². The fourth-order valence-corrected chi connectivity index (χ4v) is 1.42. The first-order valence-electron chi connectivity index (χ1n) is 4.02. The molecule has 0 bridgehead atoms. The van der Waals surface area contributed by atoms with Gasteiger partial charge in [0.25, 0.3) is 0 Å². The van der Waals surface area contributed by atoms with Crippen molar-refractivity contribution < 1.29 is 4.74 Å². The van der Waals surface area contributed by atoms with Crippen molar-refractivity contribution in [2.75, 3.05) is 18.5 Å². The number of halogens is 1. The number of rotatable bonds is 0. The van der Waals surface area contributed by atoms with Crippen molar-refractivity contribution in [1.82, 2.24) is 0 Å². The van der Waals surface area contributed by atoms with Crippen molar-refractivity contribution in [3.05, 3.63) is 23.2 Å². The Hall–Kier alpha value is -0.890. The van der Waals surface area contributed by atoms with Gasteiger partial charge in [-0.15, -0.1) is 0 Å². The Balaban J connectivity index is 2.36. The summed E-state index contributed by atoms with van der Waals surface area (Å²) in [6.45, 7) is 1.73. The van der Waals surface area contributed by atoms with Gasteiger partial charge in [-0.1, -0.05) is 11.6 Å². The lowest BCUT2D eigenvalue weighted by Gasteiger charge is -2.06. The quantitative estimate of drug-likeness (QED) is 0.668. The molecule has 0 saturated heterocycles. The normalized spacial score (nSPS) is 15.4. The molecule has 2 nitrogen and oxygen atoms in total. The second-order valence-electron chi connectivity index (χ2n) is 2.77. The molecule has 1 N–H and O–H groups in total. The number of ether oxygens (including phenoxy) is 1. The van der Waals surface area contributed by atoms with Gasteiger partial charge < -0.3 is 10.1 Å². The monoisotopic (exact) mass is 183 g/mol. The minimum absolute atomic E-state index is 0.742. The molecule has 0 atom stereocenters. The van der Waals surface area contributed by atoms with Crippen LogP contribution in [0.5, 0.6) is 5.75 Å². The van der Waals surface area contributed by atoms with E-state index in [4.69, 9.17) is 16.3 Å². The average molecular weight is 184 g/mol. The maximum absolute atomic E-state index is 5.83. The zero-order valence-corrected chi connectivity index (χ0v) is 7.40. The topological polar surface area (TPSA) is 21.3 Å². The first-order valence-corrected chi connectivity index (χ1v) is 4.40. The highest BCUT2D eigenvalue weighted by Gasteiger charge is 2.07. The molecule has 1 aromatic carbocycles. The molecule has 12 heavy (non-hydrogen) atoms. The van der Waals surface area contributed by atoms with Crippen molar-refractivity contribution in [2.45, 2.75) is 6.42 Å². The molecule has 0 saturated carbocycles. The third-order valence-electron chi connectivity index (χ3n) is 1.84.